The molecule has 1 saturated heterocycles. The Hall–Kier alpha value is -1.81. The van der Waals surface area contributed by atoms with Gasteiger partial charge in [-0.2, -0.15) is 0 Å². The lowest BCUT2D eigenvalue weighted by atomic mass is 9.49. The van der Waals surface area contributed by atoms with Gasteiger partial charge in [0.2, 0.25) is 11.8 Å². The highest BCUT2D eigenvalue weighted by atomic mass is 35.5. The Morgan fingerprint density at radius 2 is 1.85 bits per heavy atom. The molecule has 1 aromatic carbocycles. The predicted octanol–water partition coefficient (Wildman–Crippen LogP) is 6.42. The summed E-state index contributed by atoms with van der Waals surface area (Å²) in [5, 5.41) is 3.73. The largest absolute Gasteiger partial charge is 0.325 e. The predicted molar refractivity (Wildman–Crippen MR) is 131 cm³/mol. The van der Waals surface area contributed by atoms with E-state index in [2.05, 4.69) is 30.1 Å². The fraction of sp³-hybridized carbons (Fsp3) is 0.643. The van der Waals surface area contributed by atoms with Gasteiger partial charge < -0.3 is 10.2 Å². The monoisotopic (exact) mass is 466 g/mol. The Kier molecular flexibility index (Phi) is 5.00. The fourth-order valence-corrected chi connectivity index (χ4v) is 8.52. The van der Waals surface area contributed by atoms with Crippen LogP contribution in [0.1, 0.15) is 71.6 Å². The van der Waals surface area contributed by atoms with E-state index in [1.165, 1.54) is 5.70 Å². The van der Waals surface area contributed by atoms with Crippen molar-refractivity contribution in [1.29, 1.82) is 0 Å². The van der Waals surface area contributed by atoms with Crippen LogP contribution in [0.2, 0.25) is 5.02 Å². The molecule has 0 spiro atoms. The Balaban J connectivity index is 1.26. The molecule has 1 aliphatic heterocycles. The maximum absolute atomic E-state index is 13.4. The topological polar surface area (TPSA) is 49.4 Å². The quantitative estimate of drug-likeness (QED) is 0.559. The molecule has 4 fully saturated rings. The number of piperidine rings is 1. The summed E-state index contributed by atoms with van der Waals surface area (Å²) in [6.07, 6.45) is 11.8. The standard InChI is InChI=1S/C28H35ClN2O2/c1-27-15-13-20-18(9-12-24-28(20,2)16-14-25(32)31(24)17-7-8-17)19(27)10-11-21(27)26(33)30-23-6-4-3-5-22(23)29/h3-6,12,17-21H,7-11,13-16H2,1-2H3,(H,30,33)/t18-,19-,20+,21?,27-,28+/m0/s1. The molecule has 1 N–H and O–H groups in total. The molecule has 4 nitrogen and oxygen atoms in total. The molecule has 176 valence electrons. The maximum atomic E-state index is 13.4. The summed E-state index contributed by atoms with van der Waals surface area (Å²) in [4.78, 5) is 28.4. The number of likely N-dealkylation sites (tertiary alicyclic amines) is 1. The Labute approximate surface area is 202 Å². The number of rotatable bonds is 3. The van der Waals surface area contributed by atoms with Crippen LogP contribution in [0.4, 0.5) is 5.69 Å². The molecule has 1 aromatic rings. The first-order valence-corrected chi connectivity index (χ1v) is 13.3. The van der Waals surface area contributed by atoms with E-state index >= 15 is 0 Å². The fourth-order valence-electron chi connectivity index (χ4n) is 8.33. The zero-order valence-corrected chi connectivity index (χ0v) is 20.5. The van der Waals surface area contributed by atoms with Crippen molar-refractivity contribution < 1.29 is 9.59 Å². The number of amides is 2. The zero-order valence-electron chi connectivity index (χ0n) is 19.8. The van der Waals surface area contributed by atoms with Crippen molar-refractivity contribution in [2.24, 2.45) is 34.5 Å². The lowest BCUT2D eigenvalue weighted by molar-refractivity contribution is -0.139. The molecule has 1 unspecified atom stereocenters. The number of carbonyl (C=O) groups is 2. The number of carbonyl (C=O) groups excluding carboxylic acids is 2. The van der Waals surface area contributed by atoms with E-state index in [-0.39, 0.29) is 22.7 Å². The molecule has 4 aliphatic carbocycles. The van der Waals surface area contributed by atoms with Gasteiger partial charge in [0, 0.05) is 29.5 Å². The van der Waals surface area contributed by atoms with Crippen LogP contribution < -0.4 is 5.32 Å². The lowest BCUT2D eigenvalue weighted by Crippen LogP contribution is -2.55. The van der Waals surface area contributed by atoms with Gasteiger partial charge in [0.1, 0.15) is 0 Å². The first-order valence-electron chi connectivity index (χ1n) is 12.9. The van der Waals surface area contributed by atoms with Gasteiger partial charge in [-0.3, -0.25) is 9.59 Å². The van der Waals surface area contributed by atoms with E-state index in [0.717, 1.165) is 57.1 Å². The van der Waals surface area contributed by atoms with E-state index in [4.69, 9.17) is 11.6 Å². The third-order valence-corrected chi connectivity index (χ3v) is 10.5. The number of halogens is 1. The van der Waals surface area contributed by atoms with Crippen LogP contribution in [0.15, 0.2) is 36.0 Å². The van der Waals surface area contributed by atoms with Crippen LogP contribution in [0.5, 0.6) is 0 Å². The van der Waals surface area contributed by atoms with Crippen molar-refractivity contribution in [2.45, 2.75) is 77.7 Å². The summed E-state index contributed by atoms with van der Waals surface area (Å²) in [6, 6.07) is 7.97. The number of nitrogens with zero attached hydrogens (tertiary/aromatic N) is 1. The summed E-state index contributed by atoms with van der Waals surface area (Å²) < 4.78 is 0. The number of para-hydroxylation sites is 1. The van der Waals surface area contributed by atoms with E-state index in [9.17, 15) is 9.59 Å². The van der Waals surface area contributed by atoms with Gasteiger partial charge in [-0.1, -0.05) is 43.7 Å². The molecule has 3 saturated carbocycles. The maximum Gasteiger partial charge on any atom is 0.228 e. The molecule has 6 atom stereocenters. The average molecular weight is 467 g/mol. The number of benzene rings is 1. The highest BCUT2D eigenvalue weighted by Gasteiger charge is 2.61. The van der Waals surface area contributed by atoms with Crippen LogP contribution in [0, 0.1) is 34.5 Å². The van der Waals surface area contributed by atoms with Crippen molar-refractivity contribution in [2.75, 3.05) is 5.32 Å². The van der Waals surface area contributed by atoms with E-state index in [1.54, 1.807) is 0 Å². The van der Waals surface area contributed by atoms with Gasteiger partial charge in [-0.15, -0.1) is 0 Å². The minimum atomic E-state index is 0.0359. The van der Waals surface area contributed by atoms with Gasteiger partial charge >= 0.3 is 0 Å². The molecule has 0 aromatic heterocycles. The SMILES string of the molecule is C[C@]12CCC(=O)N(C3CC3)C1=CC[C@@H]1[C@H]2CC[C@]2(C)C(C(=O)Nc3ccccc3Cl)CC[C@@H]12. The van der Waals surface area contributed by atoms with E-state index in [1.807, 2.05) is 24.3 Å². The Morgan fingerprint density at radius 3 is 2.61 bits per heavy atom. The second-order valence-corrected chi connectivity index (χ2v) is 12.2. The van der Waals surface area contributed by atoms with Crippen molar-refractivity contribution >= 4 is 29.1 Å². The van der Waals surface area contributed by atoms with Gasteiger partial charge in [0.25, 0.3) is 0 Å². The number of anilines is 1. The molecule has 5 heteroatoms. The molecule has 0 radical (unpaired) electrons. The Morgan fingerprint density at radius 1 is 1.06 bits per heavy atom. The highest BCUT2D eigenvalue weighted by Crippen LogP contribution is 2.66. The van der Waals surface area contributed by atoms with Crippen LogP contribution in [-0.2, 0) is 9.59 Å². The summed E-state index contributed by atoms with van der Waals surface area (Å²) >= 11 is 6.32. The minimum Gasteiger partial charge on any atom is -0.325 e. The van der Waals surface area contributed by atoms with Crippen molar-refractivity contribution in [3.05, 3.63) is 41.1 Å². The molecule has 1 heterocycles. The third-order valence-electron chi connectivity index (χ3n) is 10.2. The second kappa shape index (κ2) is 7.60. The molecule has 2 amide bonds. The molecule has 5 aliphatic rings. The zero-order chi connectivity index (χ0) is 23.0. The lowest BCUT2D eigenvalue weighted by Gasteiger charge is -2.58. The first-order chi connectivity index (χ1) is 15.8. The molecule has 33 heavy (non-hydrogen) atoms. The van der Waals surface area contributed by atoms with Gasteiger partial charge in [-0.05, 0) is 86.7 Å². The summed E-state index contributed by atoms with van der Waals surface area (Å²) in [5.74, 6) is 2.32. The van der Waals surface area contributed by atoms with Crippen molar-refractivity contribution in [1.82, 2.24) is 4.90 Å². The number of nitrogens with one attached hydrogen (secondary N) is 1. The summed E-state index contributed by atoms with van der Waals surface area (Å²) in [6.45, 7) is 4.82. The average Bonchev–Trinajstić information content (AvgIpc) is 3.56. The van der Waals surface area contributed by atoms with Crippen LogP contribution >= 0.6 is 11.6 Å². The summed E-state index contributed by atoms with van der Waals surface area (Å²) in [5.41, 5.74) is 2.21. The number of hydrogen-bond donors (Lipinski definition) is 1. The molecular weight excluding hydrogens is 432 g/mol. The number of allylic oxidation sites excluding steroid dienone is 2. The van der Waals surface area contributed by atoms with Crippen LogP contribution in [-0.4, -0.2) is 22.8 Å². The van der Waals surface area contributed by atoms with Gasteiger partial charge in [-0.25, -0.2) is 0 Å². The first kappa shape index (κ1) is 21.7. The van der Waals surface area contributed by atoms with Gasteiger partial charge in [0.15, 0.2) is 0 Å². The van der Waals surface area contributed by atoms with Crippen LogP contribution in [0.25, 0.3) is 0 Å². The van der Waals surface area contributed by atoms with Gasteiger partial charge in [0.05, 0.1) is 10.7 Å². The smallest absolute Gasteiger partial charge is 0.228 e. The highest BCUT2D eigenvalue weighted by molar-refractivity contribution is 6.33. The number of fused-ring (bicyclic) bond motifs is 5. The molecule has 6 rings (SSSR count). The normalized spacial score (nSPS) is 39.9. The van der Waals surface area contributed by atoms with E-state index in [0.29, 0.717) is 41.1 Å². The summed E-state index contributed by atoms with van der Waals surface area (Å²) in [7, 11) is 0. The van der Waals surface area contributed by atoms with E-state index < -0.39 is 0 Å². The second-order valence-electron chi connectivity index (χ2n) is 11.8. The Bertz CT molecular complexity index is 1030. The van der Waals surface area contributed by atoms with Crippen LogP contribution in [0.3, 0.4) is 0 Å². The minimum absolute atomic E-state index is 0.0359. The molecular formula is C28H35ClN2O2. The third kappa shape index (κ3) is 3.23. The molecule has 0 bridgehead atoms. The number of hydrogen-bond acceptors (Lipinski definition) is 2. The van der Waals surface area contributed by atoms with Crippen molar-refractivity contribution in [3.8, 4) is 0 Å². The van der Waals surface area contributed by atoms with Crippen molar-refractivity contribution in [3.63, 3.8) is 0 Å².